The van der Waals surface area contributed by atoms with Gasteiger partial charge in [-0.25, -0.2) is 0 Å². The molecule has 1 rings (SSSR count). The first-order valence-electron chi connectivity index (χ1n) is 2.67. The largest absolute Gasteiger partial charge is 0.281 e. The van der Waals surface area contributed by atoms with Crippen LogP contribution in [-0.2, 0) is 0 Å². The maximum absolute atomic E-state index is 4.14. The Labute approximate surface area is 49.4 Å². The van der Waals surface area contributed by atoms with E-state index >= 15 is 0 Å². The van der Waals surface area contributed by atoms with Crippen LogP contribution < -0.4 is 0 Å². The molecule has 1 heterocycles. The Kier molecular flexibility index (Phi) is 1.29. The summed E-state index contributed by atoms with van der Waals surface area (Å²) in [5.41, 5.74) is 2.10. The molecule has 0 unspecified atom stereocenters. The van der Waals surface area contributed by atoms with Gasteiger partial charge >= 0.3 is 0 Å². The first-order valence-corrected chi connectivity index (χ1v) is 2.67. The molecule has 0 saturated carbocycles. The summed E-state index contributed by atoms with van der Waals surface area (Å²) in [5.74, 6) is 0. The summed E-state index contributed by atoms with van der Waals surface area (Å²) in [5, 5.41) is 0. The van der Waals surface area contributed by atoms with Crippen molar-refractivity contribution in [2.75, 3.05) is 6.54 Å². The van der Waals surface area contributed by atoms with E-state index in [0.717, 1.165) is 17.8 Å². The van der Waals surface area contributed by atoms with Gasteiger partial charge in [0.25, 0.3) is 0 Å². The molecule has 0 fully saturated rings. The van der Waals surface area contributed by atoms with Crippen LogP contribution in [0.1, 0.15) is 6.92 Å². The molecule has 0 N–H and O–H groups in total. The number of hydrogen-bond donors (Lipinski definition) is 0. The fourth-order valence-electron chi connectivity index (χ4n) is 0.645. The average Bonchev–Trinajstić information content (AvgIpc) is 2.12. The maximum atomic E-state index is 4.14. The van der Waals surface area contributed by atoms with Gasteiger partial charge in [-0.05, 0) is 18.6 Å². The second-order valence-electron chi connectivity index (χ2n) is 1.91. The summed E-state index contributed by atoms with van der Waals surface area (Å²) in [6, 6.07) is 0. The predicted molar refractivity (Wildman–Crippen MR) is 36.3 cm³/mol. The third kappa shape index (κ3) is 0.861. The van der Waals surface area contributed by atoms with Gasteiger partial charge in [0.05, 0.1) is 12.3 Å². The second kappa shape index (κ2) is 1.95. The van der Waals surface area contributed by atoms with Gasteiger partial charge < -0.3 is 0 Å². The lowest BCUT2D eigenvalue weighted by atomic mass is 10.2. The minimum absolute atomic E-state index is 0.836. The number of aliphatic imine (C=N–C) groups is 1. The van der Waals surface area contributed by atoms with Crippen molar-refractivity contribution in [1.82, 2.24) is 0 Å². The summed E-state index contributed by atoms with van der Waals surface area (Å²) in [7, 11) is 0. The molecule has 0 spiro atoms. The van der Waals surface area contributed by atoms with Crippen molar-refractivity contribution in [2.24, 2.45) is 4.99 Å². The molecule has 0 aromatic carbocycles. The number of hydrogen-bond acceptors (Lipinski definition) is 1. The van der Waals surface area contributed by atoms with Gasteiger partial charge in [0.1, 0.15) is 0 Å². The average molecular weight is 107 g/mol. The van der Waals surface area contributed by atoms with Crippen LogP contribution in [0.5, 0.6) is 0 Å². The first-order chi connectivity index (χ1) is 3.80. The van der Waals surface area contributed by atoms with E-state index in [9.17, 15) is 0 Å². The molecule has 0 aliphatic carbocycles. The Morgan fingerprint density at radius 1 is 1.88 bits per heavy atom. The Morgan fingerprint density at radius 3 is 2.88 bits per heavy atom. The highest BCUT2D eigenvalue weighted by Gasteiger charge is 1.96. The molecule has 0 amide bonds. The van der Waals surface area contributed by atoms with Crippen molar-refractivity contribution < 1.29 is 0 Å². The fraction of sp³-hybridized carbons (Fsp3) is 0.286. The van der Waals surface area contributed by atoms with Crippen LogP contribution in [0.15, 0.2) is 29.3 Å². The topological polar surface area (TPSA) is 12.4 Å². The fourth-order valence-corrected chi connectivity index (χ4v) is 0.645. The summed E-state index contributed by atoms with van der Waals surface area (Å²) in [6.07, 6.45) is 4.03. The van der Waals surface area contributed by atoms with Crippen LogP contribution in [0.2, 0.25) is 0 Å². The highest BCUT2D eigenvalue weighted by Crippen LogP contribution is 2.00. The lowest BCUT2D eigenvalue weighted by Crippen LogP contribution is -1.88. The molecular weight excluding hydrogens is 98.1 g/mol. The zero-order valence-electron chi connectivity index (χ0n) is 5.02. The molecule has 1 nitrogen and oxygen atoms in total. The first kappa shape index (κ1) is 5.29. The predicted octanol–water partition coefficient (Wildman–Crippen LogP) is 1.57. The number of allylic oxidation sites excluding steroid dienone is 2. The van der Waals surface area contributed by atoms with Crippen LogP contribution in [0.25, 0.3) is 0 Å². The lowest BCUT2D eigenvalue weighted by Gasteiger charge is -1.89. The third-order valence-electron chi connectivity index (χ3n) is 1.08. The molecule has 42 valence electrons. The highest BCUT2D eigenvalue weighted by molar-refractivity contribution is 6.08. The molecule has 0 aromatic heterocycles. The highest BCUT2D eigenvalue weighted by atomic mass is 14.7. The van der Waals surface area contributed by atoms with E-state index in [1.54, 1.807) is 0 Å². The molecule has 8 heavy (non-hydrogen) atoms. The quantitative estimate of drug-likeness (QED) is 0.482. The molecular formula is C7H9N. The van der Waals surface area contributed by atoms with Gasteiger partial charge in [-0.1, -0.05) is 12.7 Å². The van der Waals surface area contributed by atoms with E-state index in [1.165, 1.54) is 0 Å². The summed E-state index contributed by atoms with van der Waals surface area (Å²) in [6.45, 7) is 6.56. The minimum atomic E-state index is 0.836. The van der Waals surface area contributed by atoms with Gasteiger partial charge in [-0.15, -0.1) is 0 Å². The number of nitrogens with zero attached hydrogens (tertiary/aromatic N) is 1. The van der Waals surface area contributed by atoms with Crippen LogP contribution >= 0.6 is 0 Å². The van der Waals surface area contributed by atoms with Gasteiger partial charge in [0.15, 0.2) is 0 Å². The SMILES string of the molecule is C=C(C)C1=NCC=C1. The van der Waals surface area contributed by atoms with E-state index in [-0.39, 0.29) is 0 Å². The summed E-state index contributed by atoms with van der Waals surface area (Å²) in [4.78, 5) is 4.14. The molecule has 1 aliphatic heterocycles. The Bertz CT molecular complexity index is 163. The van der Waals surface area contributed by atoms with E-state index in [0.29, 0.717) is 0 Å². The van der Waals surface area contributed by atoms with Crippen molar-refractivity contribution in [3.05, 3.63) is 24.3 Å². The van der Waals surface area contributed by atoms with Crippen molar-refractivity contribution in [3.8, 4) is 0 Å². The monoisotopic (exact) mass is 107 g/mol. The summed E-state index contributed by atoms with van der Waals surface area (Å²) < 4.78 is 0. The van der Waals surface area contributed by atoms with Crippen molar-refractivity contribution in [2.45, 2.75) is 6.92 Å². The smallest absolute Gasteiger partial charge is 0.0598 e. The molecule has 1 heteroatoms. The second-order valence-corrected chi connectivity index (χ2v) is 1.91. The minimum Gasteiger partial charge on any atom is -0.281 e. The van der Waals surface area contributed by atoms with Crippen LogP contribution in [-0.4, -0.2) is 12.3 Å². The van der Waals surface area contributed by atoms with E-state index in [2.05, 4.69) is 11.6 Å². The molecule has 0 radical (unpaired) electrons. The van der Waals surface area contributed by atoms with Gasteiger partial charge in [-0.2, -0.15) is 0 Å². The molecule has 0 atom stereocenters. The molecule has 0 aromatic rings. The lowest BCUT2D eigenvalue weighted by molar-refractivity contribution is 1.28. The van der Waals surface area contributed by atoms with Crippen LogP contribution in [0.3, 0.4) is 0 Å². The summed E-state index contributed by atoms with van der Waals surface area (Å²) >= 11 is 0. The molecule has 0 saturated heterocycles. The number of rotatable bonds is 1. The van der Waals surface area contributed by atoms with Crippen molar-refractivity contribution in [1.29, 1.82) is 0 Å². The maximum Gasteiger partial charge on any atom is 0.0598 e. The third-order valence-corrected chi connectivity index (χ3v) is 1.08. The van der Waals surface area contributed by atoms with Crippen LogP contribution in [0.4, 0.5) is 0 Å². The molecule has 1 aliphatic rings. The molecule has 0 bridgehead atoms. The Hall–Kier alpha value is -0.850. The Morgan fingerprint density at radius 2 is 2.62 bits per heavy atom. The van der Waals surface area contributed by atoms with E-state index in [1.807, 2.05) is 19.1 Å². The zero-order chi connectivity index (χ0) is 5.98. The van der Waals surface area contributed by atoms with Crippen molar-refractivity contribution in [3.63, 3.8) is 0 Å². The normalized spacial score (nSPS) is 16.4. The zero-order valence-corrected chi connectivity index (χ0v) is 5.02. The van der Waals surface area contributed by atoms with Gasteiger partial charge in [0, 0.05) is 0 Å². The van der Waals surface area contributed by atoms with Crippen molar-refractivity contribution >= 4 is 5.71 Å². The van der Waals surface area contributed by atoms with E-state index in [4.69, 9.17) is 0 Å². The van der Waals surface area contributed by atoms with E-state index < -0.39 is 0 Å². The van der Waals surface area contributed by atoms with Gasteiger partial charge in [0.2, 0.25) is 0 Å². The van der Waals surface area contributed by atoms with Gasteiger partial charge in [-0.3, -0.25) is 4.99 Å². The standard InChI is InChI=1S/C7H9N/c1-6(2)7-4-3-5-8-7/h3-4H,1,5H2,2H3. The van der Waals surface area contributed by atoms with Crippen LogP contribution in [0, 0.1) is 0 Å². The Balaban J connectivity index is 2.72.